The molecule has 2 aromatic rings. The summed E-state index contributed by atoms with van der Waals surface area (Å²) in [5.41, 5.74) is 3.27. The molecule has 1 aliphatic rings. The maximum Gasteiger partial charge on any atom is 0.392 e. The quantitative estimate of drug-likeness (QED) is 0.706. The Kier molecular flexibility index (Phi) is 6.21. The number of carboxylic acid groups (broad SMARTS) is 1. The van der Waals surface area contributed by atoms with Gasteiger partial charge in [0, 0.05) is 12.4 Å². The van der Waals surface area contributed by atoms with E-state index in [1.54, 1.807) is 12.3 Å². The predicted molar refractivity (Wildman–Crippen MR) is 97.8 cm³/mol. The molecule has 0 aliphatic heterocycles. The van der Waals surface area contributed by atoms with Crippen molar-refractivity contribution in [2.24, 2.45) is 0 Å². The molecule has 0 bridgehead atoms. The zero-order valence-corrected chi connectivity index (χ0v) is 15.3. The van der Waals surface area contributed by atoms with Crippen molar-refractivity contribution in [1.29, 1.82) is 0 Å². The van der Waals surface area contributed by atoms with Crippen LogP contribution in [0, 0.1) is 0 Å². The Morgan fingerprint density at radius 3 is 2.86 bits per heavy atom. The van der Waals surface area contributed by atoms with Crippen molar-refractivity contribution in [2.75, 3.05) is 6.61 Å². The maximum atomic E-state index is 12.3. The standard InChI is InChI=1S/C21H22F3NO3/c22-21(23,24)9-11-28-17-6-7-18-14(2-1-3-15(18)12-17)4-5-16-13-25-10-8-19(16)20(26)27/h6-8,10,12-14H,1-5,9,11H2,(H,26,27)/t14-/m1/s1. The number of hydrogen-bond donors (Lipinski definition) is 1. The number of alkyl halides is 3. The molecule has 3 rings (SSSR count). The van der Waals surface area contributed by atoms with E-state index in [0.717, 1.165) is 31.2 Å². The number of aromatic nitrogens is 1. The number of nitrogens with zero attached hydrogens (tertiary/aromatic N) is 1. The van der Waals surface area contributed by atoms with Crippen LogP contribution in [0.1, 0.15) is 58.6 Å². The zero-order valence-electron chi connectivity index (χ0n) is 15.3. The van der Waals surface area contributed by atoms with E-state index in [0.29, 0.717) is 17.7 Å². The number of ether oxygens (including phenoxy) is 1. The molecule has 4 nitrogen and oxygen atoms in total. The summed E-state index contributed by atoms with van der Waals surface area (Å²) in [6.07, 6.45) is 2.16. The van der Waals surface area contributed by atoms with Gasteiger partial charge in [0.25, 0.3) is 0 Å². The molecule has 1 aromatic carbocycles. The Labute approximate surface area is 161 Å². The van der Waals surface area contributed by atoms with Crippen LogP contribution in [0.5, 0.6) is 5.75 Å². The fraction of sp³-hybridized carbons (Fsp3) is 0.429. The predicted octanol–water partition coefficient (Wildman–Crippen LogP) is 5.16. The Balaban J connectivity index is 1.66. The zero-order chi connectivity index (χ0) is 20.1. The molecule has 0 unspecified atom stereocenters. The number of benzene rings is 1. The molecule has 1 N–H and O–H groups in total. The molecular weight excluding hydrogens is 371 g/mol. The van der Waals surface area contributed by atoms with Crippen LogP contribution in [0.3, 0.4) is 0 Å². The second kappa shape index (κ2) is 8.63. The lowest BCUT2D eigenvalue weighted by atomic mass is 9.79. The highest BCUT2D eigenvalue weighted by atomic mass is 19.4. The Morgan fingerprint density at radius 1 is 1.29 bits per heavy atom. The Morgan fingerprint density at radius 2 is 2.11 bits per heavy atom. The van der Waals surface area contributed by atoms with Crippen LogP contribution in [0.25, 0.3) is 0 Å². The topological polar surface area (TPSA) is 59.4 Å². The minimum absolute atomic E-state index is 0.277. The maximum absolute atomic E-state index is 12.3. The van der Waals surface area contributed by atoms with E-state index < -0.39 is 18.6 Å². The molecule has 0 spiro atoms. The van der Waals surface area contributed by atoms with Crippen LogP contribution in [-0.2, 0) is 12.8 Å². The van der Waals surface area contributed by atoms with Crippen molar-refractivity contribution in [3.63, 3.8) is 0 Å². The molecule has 1 atom stereocenters. The van der Waals surface area contributed by atoms with Gasteiger partial charge >= 0.3 is 12.1 Å². The number of halogens is 3. The van der Waals surface area contributed by atoms with Crippen molar-refractivity contribution in [3.05, 3.63) is 58.9 Å². The fourth-order valence-electron chi connectivity index (χ4n) is 3.73. The van der Waals surface area contributed by atoms with Crippen LogP contribution in [0.2, 0.25) is 0 Å². The van der Waals surface area contributed by atoms with E-state index in [-0.39, 0.29) is 18.1 Å². The second-order valence-corrected chi connectivity index (χ2v) is 7.04. The number of rotatable bonds is 7. The minimum Gasteiger partial charge on any atom is -0.493 e. The van der Waals surface area contributed by atoms with Crippen LogP contribution >= 0.6 is 0 Å². The summed E-state index contributed by atoms with van der Waals surface area (Å²) in [5, 5.41) is 9.30. The lowest BCUT2D eigenvalue weighted by molar-refractivity contribution is -0.139. The van der Waals surface area contributed by atoms with Crippen molar-refractivity contribution < 1.29 is 27.8 Å². The second-order valence-electron chi connectivity index (χ2n) is 7.04. The first-order valence-electron chi connectivity index (χ1n) is 9.32. The summed E-state index contributed by atoms with van der Waals surface area (Å²) < 4.78 is 42.1. The largest absolute Gasteiger partial charge is 0.493 e. The normalized spacial score (nSPS) is 16.5. The number of fused-ring (bicyclic) bond motifs is 1. The molecule has 1 aromatic heterocycles. The fourth-order valence-corrected chi connectivity index (χ4v) is 3.73. The molecule has 0 fully saturated rings. The Hall–Kier alpha value is -2.57. The average molecular weight is 393 g/mol. The van der Waals surface area contributed by atoms with Gasteiger partial charge in [-0.1, -0.05) is 6.07 Å². The highest BCUT2D eigenvalue weighted by molar-refractivity contribution is 5.89. The van der Waals surface area contributed by atoms with Crippen LogP contribution in [0.4, 0.5) is 13.2 Å². The number of pyridine rings is 1. The molecule has 0 saturated heterocycles. The summed E-state index contributed by atoms with van der Waals surface area (Å²) in [6, 6.07) is 7.01. The van der Waals surface area contributed by atoms with Crippen molar-refractivity contribution in [3.8, 4) is 5.75 Å². The number of carboxylic acids is 1. The van der Waals surface area contributed by atoms with Gasteiger partial charge in [0.2, 0.25) is 0 Å². The minimum atomic E-state index is -4.22. The van der Waals surface area contributed by atoms with E-state index in [9.17, 15) is 23.1 Å². The van der Waals surface area contributed by atoms with Crippen molar-refractivity contribution in [1.82, 2.24) is 4.98 Å². The molecule has 0 amide bonds. The summed E-state index contributed by atoms with van der Waals surface area (Å²) in [4.78, 5) is 15.4. The van der Waals surface area contributed by atoms with Gasteiger partial charge in [0.1, 0.15) is 5.75 Å². The third-order valence-corrected chi connectivity index (χ3v) is 5.10. The lowest BCUT2D eigenvalue weighted by Crippen LogP contribution is -2.14. The molecule has 7 heteroatoms. The van der Waals surface area contributed by atoms with E-state index in [2.05, 4.69) is 4.98 Å². The molecule has 1 heterocycles. The summed E-state index contributed by atoms with van der Waals surface area (Å²) >= 11 is 0. The smallest absolute Gasteiger partial charge is 0.392 e. The Bertz CT molecular complexity index is 836. The van der Waals surface area contributed by atoms with Crippen molar-refractivity contribution in [2.45, 2.75) is 50.6 Å². The molecule has 0 radical (unpaired) electrons. The highest BCUT2D eigenvalue weighted by Crippen LogP contribution is 2.37. The van der Waals surface area contributed by atoms with Crippen LogP contribution in [-0.4, -0.2) is 28.8 Å². The molecule has 150 valence electrons. The number of hydrogen-bond acceptors (Lipinski definition) is 3. The van der Waals surface area contributed by atoms with Gasteiger partial charge in [0.15, 0.2) is 0 Å². The van der Waals surface area contributed by atoms with Crippen LogP contribution < -0.4 is 4.74 Å². The average Bonchev–Trinajstić information content (AvgIpc) is 2.65. The van der Waals surface area contributed by atoms with E-state index in [1.165, 1.54) is 17.8 Å². The molecule has 28 heavy (non-hydrogen) atoms. The first-order chi connectivity index (χ1) is 13.3. The van der Waals surface area contributed by atoms with Gasteiger partial charge in [-0.2, -0.15) is 13.2 Å². The third-order valence-electron chi connectivity index (χ3n) is 5.10. The van der Waals surface area contributed by atoms with E-state index in [1.807, 2.05) is 12.1 Å². The van der Waals surface area contributed by atoms with Gasteiger partial charge in [-0.3, -0.25) is 4.98 Å². The van der Waals surface area contributed by atoms with E-state index in [4.69, 9.17) is 4.74 Å². The molecule has 1 aliphatic carbocycles. The van der Waals surface area contributed by atoms with Gasteiger partial charge < -0.3 is 9.84 Å². The van der Waals surface area contributed by atoms with Crippen molar-refractivity contribution >= 4 is 5.97 Å². The van der Waals surface area contributed by atoms with Gasteiger partial charge in [-0.05, 0) is 72.9 Å². The number of aryl methyl sites for hydroxylation is 2. The van der Waals surface area contributed by atoms with E-state index >= 15 is 0 Å². The number of carbonyl (C=O) groups is 1. The number of aromatic carboxylic acids is 1. The highest BCUT2D eigenvalue weighted by Gasteiger charge is 2.27. The molecule has 0 saturated carbocycles. The first kappa shape index (κ1) is 20.2. The monoisotopic (exact) mass is 393 g/mol. The van der Waals surface area contributed by atoms with Crippen LogP contribution in [0.15, 0.2) is 36.7 Å². The molecular formula is C21H22F3NO3. The van der Waals surface area contributed by atoms with Gasteiger partial charge in [0.05, 0.1) is 18.6 Å². The lowest BCUT2D eigenvalue weighted by Gasteiger charge is -2.26. The van der Waals surface area contributed by atoms with Gasteiger partial charge in [-0.15, -0.1) is 0 Å². The SMILES string of the molecule is O=C(O)c1ccncc1CC[C@H]1CCCc2cc(OCCC(F)(F)F)ccc21. The third kappa shape index (κ3) is 5.24. The summed E-state index contributed by atoms with van der Waals surface area (Å²) in [7, 11) is 0. The first-order valence-corrected chi connectivity index (χ1v) is 9.32. The summed E-state index contributed by atoms with van der Waals surface area (Å²) in [5.74, 6) is -0.207. The summed E-state index contributed by atoms with van der Waals surface area (Å²) in [6.45, 7) is -0.384. The van der Waals surface area contributed by atoms with Gasteiger partial charge in [-0.25, -0.2) is 4.79 Å².